The highest BCUT2D eigenvalue weighted by Crippen LogP contribution is 2.28. The predicted octanol–water partition coefficient (Wildman–Crippen LogP) is 4.82. The standard InChI is InChI=1S/C16H17ClFN/c1-3-19-11(2)12-7-8-16(18)15(10-12)13-5-4-6-14(17)9-13/h4-11,19H,3H2,1-2H3. The molecule has 1 nitrogen and oxygen atoms in total. The molecular formula is C16H17ClFN. The van der Waals surface area contributed by atoms with Crippen LogP contribution in [0.4, 0.5) is 4.39 Å². The van der Waals surface area contributed by atoms with Gasteiger partial charge in [0.2, 0.25) is 0 Å². The molecular weight excluding hydrogens is 261 g/mol. The first-order chi connectivity index (χ1) is 9.11. The van der Waals surface area contributed by atoms with E-state index >= 15 is 0 Å². The van der Waals surface area contributed by atoms with E-state index in [0.717, 1.165) is 17.7 Å². The molecule has 0 radical (unpaired) electrons. The molecule has 19 heavy (non-hydrogen) atoms. The summed E-state index contributed by atoms with van der Waals surface area (Å²) in [5.41, 5.74) is 2.46. The van der Waals surface area contributed by atoms with Crippen LogP contribution in [0.25, 0.3) is 11.1 Å². The Labute approximate surface area is 118 Å². The Bertz CT molecular complexity index is 568. The number of hydrogen-bond donors (Lipinski definition) is 1. The van der Waals surface area contributed by atoms with Crippen molar-refractivity contribution in [3.05, 3.63) is 58.9 Å². The van der Waals surface area contributed by atoms with Crippen molar-refractivity contribution in [2.24, 2.45) is 0 Å². The molecule has 3 heteroatoms. The molecule has 0 amide bonds. The van der Waals surface area contributed by atoms with E-state index in [9.17, 15) is 4.39 Å². The Balaban J connectivity index is 2.42. The average molecular weight is 278 g/mol. The lowest BCUT2D eigenvalue weighted by Crippen LogP contribution is -2.17. The van der Waals surface area contributed by atoms with Crippen molar-refractivity contribution < 1.29 is 4.39 Å². The second kappa shape index (κ2) is 6.18. The van der Waals surface area contributed by atoms with Crippen molar-refractivity contribution in [2.45, 2.75) is 19.9 Å². The normalized spacial score (nSPS) is 12.4. The van der Waals surface area contributed by atoms with Crippen LogP contribution in [0, 0.1) is 5.82 Å². The SMILES string of the molecule is CCNC(C)c1ccc(F)c(-c2cccc(Cl)c2)c1. The summed E-state index contributed by atoms with van der Waals surface area (Å²) in [6.07, 6.45) is 0. The lowest BCUT2D eigenvalue weighted by molar-refractivity contribution is 0.593. The van der Waals surface area contributed by atoms with Gasteiger partial charge in [-0.05, 0) is 48.9 Å². The molecule has 0 heterocycles. The molecule has 1 N–H and O–H groups in total. The molecule has 0 aliphatic carbocycles. The Morgan fingerprint density at radius 1 is 1.21 bits per heavy atom. The van der Waals surface area contributed by atoms with Crippen molar-refractivity contribution in [3.8, 4) is 11.1 Å². The zero-order valence-electron chi connectivity index (χ0n) is 11.1. The molecule has 0 bridgehead atoms. The van der Waals surface area contributed by atoms with Gasteiger partial charge in [-0.25, -0.2) is 4.39 Å². The molecule has 0 spiro atoms. The zero-order chi connectivity index (χ0) is 13.8. The van der Waals surface area contributed by atoms with Crippen LogP contribution < -0.4 is 5.32 Å². The summed E-state index contributed by atoms with van der Waals surface area (Å²) in [6.45, 7) is 5.00. The third-order valence-corrected chi connectivity index (χ3v) is 3.37. The average Bonchev–Trinajstić information content (AvgIpc) is 2.39. The molecule has 0 aliphatic heterocycles. The van der Waals surface area contributed by atoms with Gasteiger partial charge < -0.3 is 5.32 Å². The van der Waals surface area contributed by atoms with E-state index in [2.05, 4.69) is 19.2 Å². The molecule has 1 atom stereocenters. The minimum atomic E-state index is -0.227. The molecule has 0 saturated heterocycles. The highest BCUT2D eigenvalue weighted by Gasteiger charge is 2.10. The van der Waals surface area contributed by atoms with Crippen LogP contribution in [-0.2, 0) is 0 Å². The van der Waals surface area contributed by atoms with E-state index in [1.807, 2.05) is 24.3 Å². The first-order valence-corrected chi connectivity index (χ1v) is 6.78. The summed E-state index contributed by atoms with van der Waals surface area (Å²) in [5.74, 6) is -0.227. The molecule has 2 aromatic carbocycles. The number of nitrogens with one attached hydrogen (secondary N) is 1. The molecule has 2 aromatic rings. The third kappa shape index (κ3) is 3.34. The molecule has 100 valence electrons. The Morgan fingerprint density at radius 3 is 2.68 bits per heavy atom. The van der Waals surface area contributed by atoms with Crippen LogP contribution in [0.15, 0.2) is 42.5 Å². The summed E-state index contributed by atoms with van der Waals surface area (Å²) in [5, 5.41) is 3.94. The number of benzene rings is 2. The smallest absolute Gasteiger partial charge is 0.131 e. The highest BCUT2D eigenvalue weighted by atomic mass is 35.5. The van der Waals surface area contributed by atoms with Gasteiger partial charge in [0.1, 0.15) is 5.82 Å². The second-order valence-corrected chi connectivity index (χ2v) is 4.97. The molecule has 1 unspecified atom stereocenters. The molecule has 0 aliphatic rings. The fourth-order valence-electron chi connectivity index (χ4n) is 2.11. The topological polar surface area (TPSA) is 12.0 Å². The van der Waals surface area contributed by atoms with Gasteiger partial charge >= 0.3 is 0 Å². The van der Waals surface area contributed by atoms with Gasteiger partial charge in [0.05, 0.1) is 0 Å². The van der Waals surface area contributed by atoms with Crippen LogP contribution in [0.5, 0.6) is 0 Å². The Kier molecular flexibility index (Phi) is 4.56. The fourth-order valence-corrected chi connectivity index (χ4v) is 2.30. The van der Waals surface area contributed by atoms with E-state index in [-0.39, 0.29) is 11.9 Å². The predicted molar refractivity (Wildman–Crippen MR) is 78.9 cm³/mol. The first kappa shape index (κ1) is 14.0. The molecule has 0 fully saturated rings. The monoisotopic (exact) mass is 277 g/mol. The van der Waals surface area contributed by atoms with Gasteiger partial charge in [-0.3, -0.25) is 0 Å². The maximum absolute atomic E-state index is 14.0. The van der Waals surface area contributed by atoms with E-state index in [0.29, 0.717) is 10.6 Å². The van der Waals surface area contributed by atoms with Gasteiger partial charge in [-0.15, -0.1) is 0 Å². The maximum atomic E-state index is 14.0. The molecule has 0 aromatic heterocycles. The zero-order valence-corrected chi connectivity index (χ0v) is 11.8. The van der Waals surface area contributed by atoms with E-state index < -0.39 is 0 Å². The van der Waals surface area contributed by atoms with Crippen molar-refractivity contribution >= 4 is 11.6 Å². The van der Waals surface area contributed by atoms with Gasteiger partial charge in [-0.2, -0.15) is 0 Å². The van der Waals surface area contributed by atoms with E-state index in [1.54, 1.807) is 12.1 Å². The van der Waals surface area contributed by atoms with Crippen molar-refractivity contribution in [2.75, 3.05) is 6.54 Å². The highest BCUT2D eigenvalue weighted by molar-refractivity contribution is 6.30. The van der Waals surface area contributed by atoms with Gasteiger partial charge in [-0.1, -0.05) is 36.7 Å². The quantitative estimate of drug-likeness (QED) is 0.845. The Morgan fingerprint density at radius 2 is 2.00 bits per heavy atom. The molecule has 0 saturated carbocycles. The maximum Gasteiger partial charge on any atom is 0.131 e. The summed E-state index contributed by atoms with van der Waals surface area (Å²) in [4.78, 5) is 0. The minimum Gasteiger partial charge on any atom is -0.310 e. The Hall–Kier alpha value is -1.38. The summed E-state index contributed by atoms with van der Waals surface area (Å²) in [7, 11) is 0. The largest absolute Gasteiger partial charge is 0.310 e. The number of halogens is 2. The van der Waals surface area contributed by atoms with Crippen LogP contribution in [0.1, 0.15) is 25.5 Å². The minimum absolute atomic E-state index is 0.198. The van der Waals surface area contributed by atoms with Crippen LogP contribution in [0.2, 0.25) is 5.02 Å². The van der Waals surface area contributed by atoms with Crippen LogP contribution in [-0.4, -0.2) is 6.54 Å². The van der Waals surface area contributed by atoms with E-state index in [1.165, 1.54) is 6.07 Å². The lowest BCUT2D eigenvalue weighted by Gasteiger charge is -2.14. The van der Waals surface area contributed by atoms with Crippen molar-refractivity contribution in [1.82, 2.24) is 5.32 Å². The second-order valence-electron chi connectivity index (χ2n) is 4.53. The van der Waals surface area contributed by atoms with Gasteiger partial charge in [0.25, 0.3) is 0 Å². The van der Waals surface area contributed by atoms with E-state index in [4.69, 9.17) is 11.6 Å². The summed E-state index contributed by atoms with van der Waals surface area (Å²) < 4.78 is 14.0. The fraction of sp³-hybridized carbons (Fsp3) is 0.250. The van der Waals surface area contributed by atoms with Gasteiger partial charge in [0, 0.05) is 16.6 Å². The summed E-state index contributed by atoms with van der Waals surface area (Å²) in [6, 6.07) is 12.7. The summed E-state index contributed by atoms with van der Waals surface area (Å²) >= 11 is 5.96. The van der Waals surface area contributed by atoms with Crippen LogP contribution >= 0.6 is 11.6 Å². The van der Waals surface area contributed by atoms with Crippen molar-refractivity contribution in [1.29, 1.82) is 0 Å². The van der Waals surface area contributed by atoms with Gasteiger partial charge in [0.15, 0.2) is 0 Å². The van der Waals surface area contributed by atoms with Crippen LogP contribution in [0.3, 0.4) is 0 Å². The lowest BCUT2D eigenvalue weighted by atomic mass is 9.99. The molecule has 2 rings (SSSR count). The third-order valence-electron chi connectivity index (χ3n) is 3.14. The number of hydrogen-bond acceptors (Lipinski definition) is 1. The number of rotatable bonds is 4. The van der Waals surface area contributed by atoms with Crippen molar-refractivity contribution in [3.63, 3.8) is 0 Å². The first-order valence-electron chi connectivity index (χ1n) is 6.40.